The molecule has 0 saturated heterocycles. The van der Waals surface area contributed by atoms with Crippen molar-refractivity contribution in [1.82, 2.24) is 0 Å². The summed E-state index contributed by atoms with van der Waals surface area (Å²) in [6.07, 6.45) is 1.47. The van der Waals surface area contributed by atoms with Gasteiger partial charge in [0.15, 0.2) is 0 Å². The SMILES string of the molecule is N#C/C(=C\c1cc(Br)ccc1OCc1ccc(Cl)cc1)C(=O)Nc1ccc(Cl)c(Cl)c1. The van der Waals surface area contributed by atoms with Gasteiger partial charge in [0.2, 0.25) is 0 Å². The number of hydrogen-bond donors (Lipinski definition) is 1. The minimum atomic E-state index is -0.579. The number of amides is 1. The average Bonchev–Trinajstić information content (AvgIpc) is 2.75. The summed E-state index contributed by atoms with van der Waals surface area (Å²) in [6.45, 7) is 0.303. The van der Waals surface area contributed by atoms with E-state index in [1.54, 1.807) is 36.4 Å². The van der Waals surface area contributed by atoms with E-state index >= 15 is 0 Å². The quantitative estimate of drug-likeness (QED) is 0.262. The van der Waals surface area contributed by atoms with Crippen molar-refractivity contribution >= 4 is 68.4 Å². The summed E-state index contributed by atoms with van der Waals surface area (Å²) in [4.78, 5) is 12.6. The number of hydrogen-bond acceptors (Lipinski definition) is 3. The molecule has 0 unspecified atom stereocenters. The molecule has 0 fully saturated rings. The van der Waals surface area contributed by atoms with Gasteiger partial charge in [-0.15, -0.1) is 0 Å². The van der Waals surface area contributed by atoms with Crippen molar-refractivity contribution in [1.29, 1.82) is 5.26 Å². The Balaban J connectivity index is 1.82. The molecule has 3 aromatic carbocycles. The maximum absolute atomic E-state index is 12.6. The van der Waals surface area contributed by atoms with E-state index < -0.39 is 5.91 Å². The van der Waals surface area contributed by atoms with Gasteiger partial charge in [-0.1, -0.05) is 62.9 Å². The Morgan fingerprint density at radius 1 is 1.03 bits per heavy atom. The van der Waals surface area contributed by atoms with Crippen LogP contribution in [0.4, 0.5) is 5.69 Å². The summed E-state index contributed by atoms with van der Waals surface area (Å²) in [6, 6.07) is 19.2. The fraction of sp³-hybridized carbons (Fsp3) is 0.0435. The lowest BCUT2D eigenvalue weighted by Gasteiger charge is -2.11. The van der Waals surface area contributed by atoms with Crippen LogP contribution in [-0.2, 0) is 11.4 Å². The maximum Gasteiger partial charge on any atom is 0.266 e. The van der Waals surface area contributed by atoms with Gasteiger partial charge in [-0.25, -0.2) is 0 Å². The van der Waals surface area contributed by atoms with E-state index in [1.807, 2.05) is 24.3 Å². The number of nitrogens with one attached hydrogen (secondary N) is 1. The standard InChI is InChI=1S/C23H14BrCl3N2O2/c24-17-3-8-22(31-13-14-1-4-18(25)5-2-14)15(10-17)9-16(12-28)23(30)29-19-6-7-20(26)21(27)11-19/h1-11H,13H2,(H,29,30)/b16-9+. The third-order valence-electron chi connectivity index (χ3n) is 4.12. The second-order valence-electron chi connectivity index (χ2n) is 6.35. The molecular formula is C23H14BrCl3N2O2. The third-order valence-corrected chi connectivity index (χ3v) is 5.61. The van der Waals surface area contributed by atoms with Crippen LogP contribution in [0, 0.1) is 11.3 Å². The maximum atomic E-state index is 12.6. The smallest absolute Gasteiger partial charge is 0.266 e. The van der Waals surface area contributed by atoms with Crippen LogP contribution in [0.15, 0.2) is 70.7 Å². The fourth-order valence-corrected chi connectivity index (χ4v) is 3.38. The molecule has 0 radical (unpaired) electrons. The molecule has 31 heavy (non-hydrogen) atoms. The van der Waals surface area contributed by atoms with Gasteiger partial charge in [0.1, 0.15) is 24.0 Å². The molecule has 0 bridgehead atoms. The average molecular weight is 537 g/mol. The van der Waals surface area contributed by atoms with E-state index in [1.165, 1.54) is 12.1 Å². The number of rotatable bonds is 6. The Morgan fingerprint density at radius 2 is 1.77 bits per heavy atom. The molecule has 3 rings (SSSR count). The van der Waals surface area contributed by atoms with Gasteiger partial charge in [0, 0.05) is 20.7 Å². The topological polar surface area (TPSA) is 62.1 Å². The number of nitriles is 1. The van der Waals surface area contributed by atoms with E-state index in [9.17, 15) is 10.1 Å². The van der Waals surface area contributed by atoms with Crippen molar-refractivity contribution in [2.45, 2.75) is 6.61 Å². The molecular weight excluding hydrogens is 523 g/mol. The first-order chi connectivity index (χ1) is 14.9. The van der Waals surface area contributed by atoms with Gasteiger partial charge in [0.25, 0.3) is 5.91 Å². The summed E-state index contributed by atoms with van der Waals surface area (Å²) < 4.78 is 6.69. The summed E-state index contributed by atoms with van der Waals surface area (Å²) in [7, 11) is 0. The second-order valence-corrected chi connectivity index (χ2v) is 8.52. The highest BCUT2D eigenvalue weighted by Gasteiger charge is 2.13. The highest BCUT2D eigenvalue weighted by atomic mass is 79.9. The Kier molecular flexibility index (Phi) is 8.00. The molecule has 0 atom stereocenters. The number of ether oxygens (including phenoxy) is 1. The number of halogens is 4. The fourth-order valence-electron chi connectivity index (χ4n) is 2.58. The third kappa shape index (κ3) is 6.49. The number of carbonyl (C=O) groups is 1. The van der Waals surface area contributed by atoms with Crippen molar-refractivity contribution in [3.8, 4) is 11.8 Å². The van der Waals surface area contributed by atoms with E-state index in [-0.39, 0.29) is 5.57 Å². The number of anilines is 1. The number of benzene rings is 3. The lowest BCUT2D eigenvalue weighted by atomic mass is 10.1. The molecule has 0 aliphatic carbocycles. The number of carbonyl (C=O) groups excluding carboxylic acids is 1. The molecule has 0 saturated carbocycles. The molecule has 1 amide bonds. The zero-order valence-corrected chi connectivity index (χ0v) is 19.7. The normalized spacial score (nSPS) is 11.0. The predicted octanol–water partition coefficient (Wildman–Crippen LogP) is 7.53. The largest absolute Gasteiger partial charge is 0.488 e. The van der Waals surface area contributed by atoms with Gasteiger partial charge < -0.3 is 10.1 Å². The van der Waals surface area contributed by atoms with Crippen LogP contribution >= 0.6 is 50.7 Å². The highest BCUT2D eigenvalue weighted by molar-refractivity contribution is 9.10. The van der Waals surface area contributed by atoms with Crippen LogP contribution in [0.1, 0.15) is 11.1 Å². The minimum Gasteiger partial charge on any atom is -0.488 e. The lowest BCUT2D eigenvalue weighted by molar-refractivity contribution is -0.112. The van der Waals surface area contributed by atoms with Crippen molar-refractivity contribution in [2.24, 2.45) is 0 Å². The van der Waals surface area contributed by atoms with Gasteiger partial charge in [0.05, 0.1) is 10.0 Å². The Morgan fingerprint density at radius 3 is 2.45 bits per heavy atom. The van der Waals surface area contributed by atoms with Crippen LogP contribution < -0.4 is 10.1 Å². The summed E-state index contributed by atoms with van der Waals surface area (Å²) in [5, 5.41) is 13.5. The highest BCUT2D eigenvalue weighted by Crippen LogP contribution is 2.28. The molecule has 4 nitrogen and oxygen atoms in total. The van der Waals surface area contributed by atoms with Crippen LogP contribution in [0.2, 0.25) is 15.1 Å². The molecule has 0 aromatic heterocycles. The van der Waals surface area contributed by atoms with Gasteiger partial charge in [-0.3, -0.25) is 4.79 Å². The first-order valence-corrected chi connectivity index (χ1v) is 10.8. The summed E-state index contributed by atoms with van der Waals surface area (Å²) in [5.41, 5.74) is 1.83. The van der Waals surface area contributed by atoms with E-state index in [0.29, 0.717) is 38.7 Å². The van der Waals surface area contributed by atoms with Crippen LogP contribution in [-0.4, -0.2) is 5.91 Å². The molecule has 0 aliphatic heterocycles. The molecule has 8 heteroatoms. The van der Waals surface area contributed by atoms with E-state index in [0.717, 1.165) is 10.0 Å². The molecule has 0 aliphatic rings. The van der Waals surface area contributed by atoms with Crippen LogP contribution in [0.5, 0.6) is 5.75 Å². The van der Waals surface area contributed by atoms with Crippen LogP contribution in [0.3, 0.4) is 0 Å². The predicted molar refractivity (Wildman–Crippen MR) is 129 cm³/mol. The Hall–Kier alpha value is -2.49. The van der Waals surface area contributed by atoms with Gasteiger partial charge in [-0.2, -0.15) is 5.26 Å². The molecule has 0 spiro atoms. The van der Waals surface area contributed by atoms with Crippen molar-refractivity contribution in [3.63, 3.8) is 0 Å². The Labute approximate surface area is 203 Å². The van der Waals surface area contributed by atoms with Crippen LogP contribution in [0.25, 0.3) is 6.08 Å². The first kappa shape index (κ1) is 23.2. The van der Waals surface area contributed by atoms with Crippen molar-refractivity contribution in [2.75, 3.05) is 5.32 Å². The van der Waals surface area contributed by atoms with Crippen molar-refractivity contribution in [3.05, 3.63) is 96.9 Å². The lowest BCUT2D eigenvalue weighted by Crippen LogP contribution is -2.13. The molecule has 0 heterocycles. The zero-order chi connectivity index (χ0) is 22.4. The Bertz CT molecular complexity index is 1190. The number of nitrogens with zero attached hydrogens (tertiary/aromatic N) is 1. The van der Waals surface area contributed by atoms with E-state index in [2.05, 4.69) is 21.2 Å². The summed E-state index contributed by atoms with van der Waals surface area (Å²) in [5.74, 6) is -0.0576. The van der Waals surface area contributed by atoms with E-state index in [4.69, 9.17) is 39.5 Å². The van der Waals surface area contributed by atoms with Gasteiger partial charge >= 0.3 is 0 Å². The monoisotopic (exact) mass is 534 g/mol. The minimum absolute atomic E-state index is 0.0967. The summed E-state index contributed by atoms with van der Waals surface area (Å²) >= 11 is 21.2. The molecule has 1 N–H and O–H groups in total. The molecule has 156 valence electrons. The zero-order valence-electron chi connectivity index (χ0n) is 15.8. The first-order valence-electron chi connectivity index (χ1n) is 8.90. The van der Waals surface area contributed by atoms with Gasteiger partial charge in [-0.05, 0) is 60.2 Å². The second kappa shape index (κ2) is 10.7. The molecule has 3 aromatic rings. The van der Waals surface area contributed by atoms with Crippen molar-refractivity contribution < 1.29 is 9.53 Å².